The second-order valence-electron chi connectivity index (χ2n) is 10.6. The van der Waals surface area contributed by atoms with Gasteiger partial charge in [-0.1, -0.05) is 33.8 Å². The highest BCUT2D eigenvalue weighted by atomic mass is 16.3. The molecule has 1 aromatic heterocycles. The minimum Gasteiger partial charge on any atom is -0.507 e. The predicted molar refractivity (Wildman–Crippen MR) is 143 cm³/mol. The lowest BCUT2D eigenvalue weighted by molar-refractivity contribution is 0.210. The molecule has 2 aromatic rings. The van der Waals surface area contributed by atoms with Crippen molar-refractivity contribution >= 4 is 12.4 Å². The first-order chi connectivity index (χ1) is 16.0. The van der Waals surface area contributed by atoms with Crippen LogP contribution in [0, 0.1) is 5.41 Å². The zero-order valence-corrected chi connectivity index (χ0v) is 21.5. The monoisotopic (exact) mass is 461 g/mol. The van der Waals surface area contributed by atoms with Gasteiger partial charge < -0.3 is 14.6 Å². The highest BCUT2D eigenvalue weighted by molar-refractivity contribution is 5.76. The standard InChI is InChI=1S/C29H39N3O2/c1-8-23(19-29(3,4)5)31(7)20(2)9-14-26(30-6)25-13-10-21(17-27(25)33)22-15-16-32(24-11-12-24)28(34)18-22/h9-10,13-18,23-24,33H,6,8,11-12,19H2,1-5,7H3/b20-9+,26-14-. The fourth-order valence-corrected chi connectivity index (χ4v) is 4.35. The van der Waals surface area contributed by atoms with Crippen LogP contribution in [0.25, 0.3) is 16.8 Å². The van der Waals surface area contributed by atoms with E-state index in [9.17, 15) is 9.90 Å². The number of phenolic OH excluding ortho intramolecular Hbond substituents is 1. The molecular formula is C29H39N3O2. The van der Waals surface area contributed by atoms with E-state index in [0.29, 0.717) is 23.3 Å². The van der Waals surface area contributed by atoms with Gasteiger partial charge in [-0.2, -0.15) is 0 Å². The van der Waals surface area contributed by atoms with Gasteiger partial charge in [0, 0.05) is 42.7 Å². The van der Waals surface area contributed by atoms with Crippen molar-refractivity contribution in [3.63, 3.8) is 0 Å². The van der Waals surface area contributed by atoms with Gasteiger partial charge >= 0.3 is 0 Å². The van der Waals surface area contributed by atoms with E-state index in [1.54, 1.807) is 16.7 Å². The average Bonchev–Trinajstić information content (AvgIpc) is 3.62. The number of aliphatic imine (C=N–C) groups is 1. The number of allylic oxidation sites excluding steroid dienone is 3. The van der Waals surface area contributed by atoms with Crippen LogP contribution in [0.2, 0.25) is 0 Å². The molecule has 1 heterocycles. The number of benzene rings is 1. The summed E-state index contributed by atoms with van der Waals surface area (Å²) in [5, 5.41) is 10.8. The number of rotatable bonds is 9. The molecule has 5 heteroatoms. The summed E-state index contributed by atoms with van der Waals surface area (Å²) in [5.74, 6) is 0.112. The van der Waals surface area contributed by atoms with Crippen LogP contribution in [0.4, 0.5) is 0 Å². The molecule has 1 unspecified atom stereocenters. The maximum atomic E-state index is 12.4. The minimum atomic E-state index is -0.00140. The number of phenols is 1. The van der Waals surface area contributed by atoms with E-state index in [2.05, 4.69) is 58.3 Å². The van der Waals surface area contributed by atoms with Gasteiger partial charge in [0.25, 0.3) is 5.56 Å². The van der Waals surface area contributed by atoms with E-state index in [1.807, 2.05) is 36.5 Å². The molecular weight excluding hydrogens is 422 g/mol. The van der Waals surface area contributed by atoms with Crippen LogP contribution in [-0.2, 0) is 0 Å². The third kappa shape index (κ3) is 6.28. The third-order valence-electron chi connectivity index (χ3n) is 6.57. The van der Waals surface area contributed by atoms with E-state index in [0.717, 1.165) is 42.5 Å². The van der Waals surface area contributed by atoms with Crippen molar-refractivity contribution in [2.75, 3.05) is 7.05 Å². The van der Waals surface area contributed by atoms with E-state index < -0.39 is 0 Å². The van der Waals surface area contributed by atoms with Crippen molar-refractivity contribution < 1.29 is 5.11 Å². The largest absolute Gasteiger partial charge is 0.507 e. The van der Waals surface area contributed by atoms with E-state index in [-0.39, 0.29) is 16.7 Å². The van der Waals surface area contributed by atoms with E-state index >= 15 is 0 Å². The summed E-state index contributed by atoms with van der Waals surface area (Å²) in [7, 11) is 2.13. The Balaban J connectivity index is 1.82. The van der Waals surface area contributed by atoms with Crippen LogP contribution < -0.4 is 5.56 Å². The predicted octanol–water partition coefficient (Wildman–Crippen LogP) is 6.65. The number of pyridine rings is 1. The first kappa shape index (κ1) is 25.5. The molecule has 34 heavy (non-hydrogen) atoms. The molecule has 0 amide bonds. The highest BCUT2D eigenvalue weighted by Gasteiger charge is 2.24. The van der Waals surface area contributed by atoms with Crippen LogP contribution in [0.3, 0.4) is 0 Å². The molecule has 182 valence electrons. The Morgan fingerprint density at radius 1 is 1.24 bits per heavy atom. The summed E-state index contributed by atoms with van der Waals surface area (Å²) in [5.41, 5.74) is 4.19. The average molecular weight is 462 g/mol. The summed E-state index contributed by atoms with van der Waals surface area (Å²) in [6, 6.07) is 9.79. The summed E-state index contributed by atoms with van der Waals surface area (Å²) in [6.45, 7) is 14.8. The minimum absolute atomic E-state index is 0.00140. The molecule has 1 aliphatic rings. The molecule has 0 aliphatic heterocycles. The zero-order valence-electron chi connectivity index (χ0n) is 21.5. The normalized spacial score (nSPS) is 15.8. The molecule has 1 aliphatic carbocycles. The quantitative estimate of drug-likeness (QED) is 0.336. The number of nitrogens with zero attached hydrogens (tertiary/aromatic N) is 3. The van der Waals surface area contributed by atoms with Gasteiger partial charge in [0.05, 0.1) is 5.70 Å². The smallest absolute Gasteiger partial charge is 0.251 e. The molecule has 1 atom stereocenters. The van der Waals surface area contributed by atoms with Crippen molar-refractivity contribution in [2.45, 2.75) is 72.4 Å². The lowest BCUT2D eigenvalue weighted by Crippen LogP contribution is -2.33. The van der Waals surface area contributed by atoms with Crippen molar-refractivity contribution in [3.05, 3.63) is 70.3 Å². The Morgan fingerprint density at radius 3 is 2.44 bits per heavy atom. The molecule has 0 bridgehead atoms. The van der Waals surface area contributed by atoms with Gasteiger partial charge in [0.1, 0.15) is 5.75 Å². The summed E-state index contributed by atoms with van der Waals surface area (Å²) >= 11 is 0. The fourth-order valence-electron chi connectivity index (χ4n) is 4.35. The van der Waals surface area contributed by atoms with Crippen LogP contribution in [0.5, 0.6) is 5.75 Å². The Bertz CT molecular complexity index is 1150. The molecule has 1 aromatic carbocycles. The van der Waals surface area contributed by atoms with Crippen LogP contribution in [0.1, 0.15) is 71.9 Å². The van der Waals surface area contributed by atoms with Crippen molar-refractivity contribution in [2.24, 2.45) is 10.4 Å². The first-order valence-electron chi connectivity index (χ1n) is 12.2. The van der Waals surface area contributed by atoms with Crippen LogP contribution in [0.15, 0.2) is 64.2 Å². The van der Waals surface area contributed by atoms with E-state index in [1.165, 1.54) is 0 Å². The Labute approximate surface area is 204 Å². The second kappa shape index (κ2) is 10.5. The van der Waals surface area contributed by atoms with Gasteiger partial charge in [-0.05, 0) is 86.2 Å². The molecule has 0 spiro atoms. The lowest BCUT2D eigenvalue weighted by atomic mass is 9.86. The van der Waals surface area contributed by atoms with E-state index in [4.69, 9.17) is 0 Å². The molecule has 1 fully saturated rings. The third-order valence-corrected chi connectivity index (χ3v) is 6.57. The Morgan fingerprint density at radius 2 is 1.91 bits per heavy atom. The topological polar surface area (TPSA) is 57.8 Å². The SMILES string of the molecule is C=N/C(=C\C=C(/C)N(C)C(CC)CC(C)(C)C)c1ccc(-c2ccn(C3CC3)c(=O)c2)cc1O. The Kier molecular flexibility index (Phi) is 7.86. The Hall–Kier alpha value is -3.08. The van der Waals surface area contributed by atoms with Gasteiger partial charge in [-0.15, -0.1) is 0 Å². The maximum Gasteiger partial charge on any atom is 0.251 e. The van der Waals surface area contributed by atoms with Crippen LogP contribution >= 0.6 is 0 Å². The lowest BCUT2D eigenvalue weighted by Gasteiger charge is -2.34. The maximum absolute atomic E-state index is 12.4. The van der Waals surface area contributed by atoms with Gasteiger partial charge in [0.15, 0.2) is 0 Å². The summed E-state index contributed by atoms with van der Waals surface area (Å²) < 4.78 is 1.79. The van der Waals surface area contributed by atoms with Gasteiger partial charge in [-0.3, -0.25) is 9.79 Å². The zero-order chi connectivity index (χ0) is 25.0. The fraction of sp³-hybridized carbons (Fsp3) is 0.448. The van der Waals surface area contributed by atoms with Crippen molar-refractivity contribution in [3.8, 4) is 16.9 Å². The molecule has 5 nitrogen and oxygen atoms in total. The molecule has 1 N–H and O–H groups in total. The van der Waals surface area contributed by atoms with Crippen LogP contribution in [-0.4, -0.2) is 34.4 Å². The summed E-state index contributed by atoms with van der Waals surface area (Å²) in [4.78, 5) is 18.9. The number of hydrogen-bond donors (Lipinski definition) is 1. The van der Waals surface area contributed by atoms with Crippen molar-refractivity contribution in [1.82, 2.24) is 9.47 Å². The molecule has 1 saturated carbocycles. The molecule has 0 radical (unpaired) electrons. The van der Waals surface area contributed by atoms with Gasteiger partial charge in [0.2, 0.25) is 0 Å². The number of hydrogen-bond acceptors (Lipinski definition) is 4. The number of aromatic hydroxyl groups is 1. The number of aromatic nitrogens is 1. The second-order valence-corrected chi connectivity index (χ2v) is 10.6. The summed E-state index contributed by atoms with van der Waals surface area (Å²) in [6.07, 6.45) is 10.1. The molecule has 0 saturated heterocycles. The van der Waals surface area contributed by atoms with Crippen molar-refractivity contribution in [1.29, 1.82) is 0 Å². The highest BCUT2D eigenvalue weighted by Crippen LogP contribution is 2.35. The van der Waals surface area contributed by atoms with Gasteiger partial charge in [-0.25, -0.2) is 0 Å². The first-order valence-corrected chi connectivity index (χ1v) is 12.2. The molecule has 3 rings (SSSR count).